The van der Waals surface area contributed by atoms with Gasteiger partial charge in [-0.3, -0.25) is 0 Å². The Bertz CT molecular complexity index is 129. The van der Waals surface area contributed by atoms with Crippen LogP contribution in [0.1, 0.15) is 59.3 Å². The van der Waals surface area contributed by atoms with Crippen LogP contribution in [-0.2, 0) is 0 Å². The maximum atomic E-state index is 5.55. The second-order valence-electron chi connectivity index (χ2n) is 5.04. The van der Waals surface area contributed by atoms with Gasteiger partial charge in [-0.2, -0.15) is 0 Å². The fourth-order valence-electron chi connectivity index (χ4n) is 2.06. The molecule has 0 aromatic heterocycles. The van der Waals surface area contributed by atoms with Crippen molar-refractivity contribution in [3.8, 4) is 0 Å². The third-order valence-corrected chi connectivity index (χ3v) is 3.13. The van der Waals surface area contributed by atoms with Crippen molar-refractivity contribution in [1.29, 1.82) is 0 Å². The lowest BCUT2D eigenvalue weighted by Gasteiger charge is -2.25. The lowest BCUT2D eigenvalue weighted by atomic mass is 10.0. The Balaban J connectivity index is 3.78. The van der Waals surface area contributed by atoms with E-state index in [0.717, 1.165) is 12.5 Å². The van der Waals surface area contributed by atoms with Crippen LogP contribution in [0.25, 0.3) is 0 Å². The summed E-state index contributed by atoms with van der Waals surface area (Å²) in [6, 6.07) is 0. The van der Waals surface area contributed by atoms with Crippen molar-refractivity contribution in [2.75, 3.05) is 26.2 Å². The van der Waals surface area contributed by atoms with Gasteiger partial charge in [0.25, 0.3) is 0 Å². The third-order valence-electron chi connectivity index (χ3n) is 3.13. The third kappa shape index (κ3) is 9.17. The number of hydrogen-bond acceptors (Lipinski definition) is 2. The predicted molar refractivity (Wildman–Crippen MR) is 73.7 cm³/mol. The average Bonchev–Trinajstić information content (AvgIpc) is 2.30. The molecular formula is C14H32N2. The van der Waals surface area contributed by atoms with E-state index in [1.807, 2.05) is 0 Å². The number of unbranched alkanes of at least 4 members (excludes halogenated alkanes) is 2. The molecule has 2 N–H and O–H groups in total. The van der Waals surface area contributed by atoms with Gasteiger partial charge < -0.3 is 10.6 Å². The molecule has 0 fully saturated rings. The number of rotatable bonds is 11. The summed E-state index contributed by atoms with van der Waals surface area (Å²) in [5, 5.41) is 0. The summed E-state index contributed by atoms with van der Waals surface area (Å²) in [6.45, 7) is 11.6. The van der Waals surface area contributed by atoms with Crippen LogP contribution in [0.2, 0.25) is 0 Å². The maximum Gasteiger partial charge on any atom is 0.000703 e. The second-order valence-corrected chi connectivity index (χ2v) is 5.04. The summed E-state index contributed by atoms with van der Waals surface area (Å²) < 4.78 is 0. The molecule has 2 heteroatoms. The lowest BCUT2D eigenvalue weighted by molar-refractivity contribution is 0.224. The van der Waals surface area contributed by atoms with E-state index in [2.05, 4.69) is 25.7 Å². The summed E-state index contributed by atoms with van der Waals surface area (Å²) in [7, 11) is 0. The van der Waals surface area contributed by atoms with E-state index in [9.17, 15) is 0 Å². The molecule has 0 aromatic rings. The van der Waals surface area contributed by atoms with Gasteiger partial charge in [-0.25, -0.2) is 0 Å². The zero-order valence-electron chi connectivity index (χ0n) is 11.7. The first-order valence-electron chi connectivity index (χ1n) is 7.16. The summed E-state index contributed by atoms with van der Waals surface area (Å²) >= 11 is 0. The number of hydrogen-bond donors (Lipinski definition) is 1. The van der Waals surface area contributed by atoms with E-state index in [4.69, 9.17) is 5.73 Å². The Morgan fingerprint density at radius 3 is 2.00 bits per heavy atom. The normalized spacial score (nSPS) is 13.3. The first kappa shape index (κ1) is 15.9. The molecule has 1 unspecified atom stereocenters. The van der Waals surface area contributed by atoms with Crippen LogP contribution in [0.3, 0.4) is 0 Å². The van der Waals surface area contributed by atoms with Gasteiger partial charge in [0.2, 0.25) is 0 Å². The molecule has 0 saturated carbocycles. The maximum absolute atomic E-state index is 5.55. The molecule has 0 aromatic carbocycles. The zero-order valence-corrected chi connectivity index (χ0v) is 11.7. The molecule has 0 aliphatic rings. The van der Waals surface area contributed by atoms with Crippen LogP contribution in [0, 0.1) is 5.92 Å². The Kier molecular flexibility index (Phi) is 11.3. The first-order valence-corrected chi connectivity index (χ1v) is 7.16. The molecule has 0 radical (unpaired) electrons. The van der Waals surface area contributed by atoms with Crippen LogP contribution in [0.4, 0.5) is 0 Å². The molecule has 1 atom stereocenters. The average molecular weight is 228 g/mol. The van der Waals surface area contributed by atoms with Crippen molar-refractivity contribution in [1.82, 2.24) is 4.90 Å². The van der Waals surface area contributed by atoms with Crippen LogP contribution < -0.4 is 5.73 Å². The smallest absolute Gasteiger partial charge is 0.000703 e. The van der Waals surface area contributed by atoms with E-state index >= 15 is 0 Å². The minimum Gasteiger partial charge on any atom is -0.330 e. The highest BCUT2D eigenvalue weighted by Crippen LogP contribution is 2.09. The highest BCUT2D eigenvalue weighted by Gasteiger charge is 2.09. The van der Waals surface area contributed by atoms with Crippen LogP contribution >= 0.6 is 0 Å². The fraction of sp³-hybridized carbons (Fsp3) is 1.00. The van der Waals surface area contributed by atoms with Gasteiger partial charge >= 0.3 is 0 Å². The number of nitrogens with two attached hydrogens (primary N) is 1. The van der Waals surface area contributed by atoms with Crippen molar-refractivity contribution >= 4 is 0 Å². The topological polar surface area (TPSA) is 29.3 Å². The first-order chi connectivity index (χ1) is 7.74. The minimum absolute atomic E-state index is 0.803. The second kappa shape index (κ2) is 11.4. The van der Waals surface area contributed by atoms with Gasteiger partial charge in [0.1, 0.15) is 0 Å². The van der Waals surface area contributed by atoms with E-state index in [1.54, 1.807) is 0 Å². The van der Waals surface area contributed by atoms with Crippen molar-refractivity contribution < 1.29 is 0 Å². The fourth-order valence-corrected chi connectivity index (χ4v) is 2.06. The van der Waals surface area contributed by atoms with Gasteiger partial charge in [-0.15, -0.1) is 0 Å². The zero-order chi connectivity index (χ0) is 12.2. The Morgan fingerprint density at radius 1 is 1.00 bits per heavy atom. The SMILES string of the molecule is CCCCN(CCCC)CC(C)CCCN. The molecule has 0 aliphatic carbocycles. The molecule has 0 spiro atoms. The van der Waals surface area contributed by atoms with Gasteiger partial charge in [-0.1, -0.05) is 33.6 Å². The predicted octanol–water partition coefficient (Wildman–Crippen LogP) is 3.26. The summed E-state index contributed by atoms with van der Waals surface area (Å²) in [5.74, 6) is 0.803. The molecule has 2 nitrogen and oxygen atoms in total. The van der Waals surface area contributed by atoms with Crippen molar-refractivity contribution in [2.24, 2.45) is 11.7 Å². The highest BCUT2D eigenvalue weighted by molar-refractivity contribution is 4.63. The van der Waals surface area contributed by atoms with Gasteiger partial charge in [0, 0.05) is 6.54 Å². The van der Waals surface area contributed by atoms with E-state index in [1.165, 1.54) is 58.2 Å². The Labute approximate surface area is 103 Å². The largest absolute Gasteiger partial charge is 0.330 e. The minimum atomic E-state index is 0.803. The summed E-state index contributed by atoms with van der Waals surface area (Å²) in [4.78, 5) is 2.65. The molecule has 0 amide bonds. The molecule has 0 saturated heterocycles. The summed E-state index contributed by atoms with van der Waals surface area (Å²) in [6.07, 6.45) is 7.75. The lowest BCUT2D eigenvalue weighted by Crippen LogP contribution is -2.30. The van der Waals surface area contributed by atoms with Crippen LogP contribution in [0.5, 0.6) is 0 Å². The number of nitrogens with zero attached hydrogens (tertiary/aromatic N) is 1. The molecule has 0 bridgehead atoms. The van der Waals surface area contributed by atoms with Crippen LogP contribution in [-0.4, -0.2) is 31.1 Å². The highest BCUT2D eigenvalue weighted by atomic mass is 15.1. The van der Waals surface area contributed by atoms with Gasteiger partial charge in [0.15, 0.2) is 0 Å². The quantitative estimate of drug-likeness (QED) is 0.588. The van der Waals surface area contributed by atoms with Crippen molar-refractivity contribution in [3.05, 3.63) is 0 Å². The van der Waals surface area contributed by atoms with Crippen LogP contribution in [0.15, 0.2) is 0 Å². The molecule has 0 rings (SSSR count). The van der Waals surface area contributed by atoms with Gasteiger partial charge in [0.05, 0.1) is 0 Å². The Hall–Kier alpha value is -0.0800. The summed E-state index contributed by atoms with van der Waals surface area (Å²) in [5.41, 5.74) is 5.55. The van der Waals surface area contributed by atoms with Crippen molar-refractivity contribution in [3.63, 3.8) is 0 Å². The molecule has 16 heavy (non-hydrogen) atoms. The molecule has 0 heterocycles. The standard InChI is InChI=1S/C14H32N2/c1-4-6-11-16(12-7-5-2)13-14(3)9-8-10-15/h14H,4-13,15H2,1-3H3. The molecular weight excluding hydrogens is 196 g/mol. The van der Waals surface area contributed by atoms with E-state index in [0.29, 0.717) is 0 Å². The van der Waals surface area contributed by atoms with E-state index < -0.39 is 0 Å². The monoisotopic (exact) mass is 228 g/mol. The molecule has 0 aliphatic heterocycles. The van der Waals surface area contributed by atoms with E-state index in [-0.39, 0.29) is 0 Å². The molecule has 98 valence electrons. The Morgan fingerprint density at radius 2 is 1.56 bits per heavy atom. The van der Waals surface area contributed by atoms with Crippen molar-refractivity contribution in [2.45, 2.75) is 59.3 Å². The van der Waals surface area contributed by atoms with Gasteiger partial charge in [-0.05, 0) is 51.2 Å².